The lowest BCUT2D eigenvalue weighted by Gasteiger charge is -2.24. The van der Waals surface area contributed by atoms with Crippen molar-refractivity contribution in [2.45, 2.75) is 4.90 Å². The van der Waals surface area contributed by atoms with Gasteiger partial charge in [0.05, 0.1) is 17.6 Å². The van der Waals surface area contributed by atoms with Crippen LogP contribution >= 0.6 is 19.9 Å². The van der Waals surface area contributed by atoms with Gasteiger partial charge in [0.25, 0.3) is 0 Å². The van der Waals surface area contributed by atoms with Crippen LogP contribution in [0.3, 0.4) is 0 Å². The molecule has 0 amide bonds. The van der Waals surface area contributed by atoms with Gasteiger partial charge in [-0.1, -0.05) is 29.0 Å². The topological polar surface area (TPSA) is 25.2 Å². The van der Waals surface area contributed by atoms with E-state index < -0.39 is 9.06 Å². The maximum atomic E-state index is 4.57. The molecule has 100 valence electrons. The van der Waals surface area contributed by atoms with Crippen molar-refractivity contribution >= 4 is 31.8 Å². The van der Waals surface area contributed by atoms with E-state index in [0.29, 0.717) is 0 Å². The van der Waals surface area contributed by atoms with Crippen LogP contribution < -0.4 is 0 Å². The van der Waals surface area contributed by atoms with Crippen molar-refractivity contribution in [1.29, 1.82) is 0 Å². The molecule has 2 nitrogen and oxygen atoms in total. The minimum absolute atomic E-state index is 0.655. The van der Waals surface area contributed by atoms with Crippen molar-refractivity contribution in [2.75, 3.05) is 18.8 Å². The lowest BCUT2D eigenvalue weighted by Crippen LogP contribution is -1.86. The van der Waals surface area contributed by atoms with E-state index >= 15 is 0 Å². The largest absolute Gasteiger partial charge is 0.255 e. The quantitative estimate of drug-likeness (QED) is 0.610. The molecule has 0 fully saturated rings. The minimum atomic E-state index is -0.655. The van der Waals surface area contributed by atoms with E-state index in [9.17, 15) is 0 Å². The second-order valence-corrected chi connectivity index (χ2v) is 12.3. The van der Waals surface area contributed by atoms with Gasteiger partial charge in [-0.05, 0) is 43.0 Å². The molecule has 1 aromatic heterocycles. The molecule has 0 aliphatic rings. The van der Waals surface area contributed by atoms with Crippen LogP contribution in [-0.2, 0) is 0 Å². The molecule has 0 aliphatic heterocycles. The Bertz CT molecular complexity index is 560. The Balaban J connectivity index is 2.23. The first-order valence-electron chi connectivity index (χ1n) is 5.96. The molecule has 2 aromatic rings. The molecular weight excluding hydrogens is 272 g/mol. The number of aliphatic imine (C=N–C) groups is 1. The van der Waals surface area contributed by atoms with Gasteiger partial charge in [-0.25, -0.2) is 0 Å². The fourth-order valence-corrected chi connectivity index (χ4v) is 4.41. The fraction of sp³-hybridized carbons (Fsp3) is 0.200. The van der Waals surface area contributed by atoms with Crippen LogP contribution in [0.1, 0.15) is 5.69 Å². The number of pyridine rings is 1. The van der Waals surface area contributed by atoms with Crippen LogP contribution in [0.15, 0.2) is 58.5 Å². The third kappa shape index (κ3) is 4.73. The van der Waals surface area contributed by atoms with Crippen molar-refractivity contribution in [3.63, 3.8) is 0 Å². The molecule has 1 heterocycles. The van der Waals surface area contributed by atoms with Gasteiger partial charge in [-0.15, -0.1) is 0 Å². The zero-order valence-electron chi connectivity index (χ0n) is 11.4. The zero-order valence-corrected chi connectivity index (χ0v) is 13.0. The molecule has 2 rings (SSSR count). The number of hydrogen-bond acceptors (Lipinski definition) is 3. The Morgan fingerprint density at radius 2 is 1.79 bits per heavy atom. The number of aromatic nitrogens is 1. The molecule has 0 atom stereocenters. The fourth-order valence-electron chi connectivity index (χ4n) is 1.49. The Hall–Kier alpha value is -1.26. The summed E-state index contributed by atoms with van der Waals surface area (Å²) < 4.78 is 0. The number of benzene rings is 1. The van der Waals surface area contributed by atoms with E-state index in [4.69, 9.17) is 0 Å². The molecule has 0 unspecified atom stereocenters. The van der Waals surface area contributed by atoms with Gasteiger partial charge in [-0.3, -0.25) is 9.98 Å². The number of para-hydroxylation sites is 1. The second-order valence-electron chi connectivity index (χ2n) is 4.79. The summed E-state index contributed by atoms with van der Waals surface area (Å²) in [5.41, 5.74) is 1.89. The average Bonchev–Trinajstić information content (AvgIpc) is 2.37. The number of nitrogens with zero attached hydrogens (tertiary/aromatic N) is 2. The van der Waals surface area contributed by atoms with Crippen molar-refractivity contribution < 1.29 is 0 Å². The summed E-state index contributed by atoms with van der Waals surface area (Å²) in [5.74, 6) is 0. The van der Waals surface area contributed by atoms with Gasteiger partial charge in [0.2, 0.25) is 0 Å². The van der Waals surface area contributed by atoms with E-state index in [1.807, 2.05) is 47.3 Å². The molecule has 0 aliphatic carbocycles. The summed E-state index contributed by atoms with van der Waals surface area (Å²) in [7, 11) is 1.26. The molecule has 1 aromatic carbocycles. The van der Waals surface area contributed by atoms with E-state index in [1.165, 1.54) is 4.90 Å². The first kappa shape index (κ1) is 14.2. The Morgan fingerprint density at radius 1 is 1.05 bits per heavy atom. The van der Waals surface area contributed by atoms with E-state index in [-0.39, 0.29) is 0 Å². The lowest BCUT2D eigenvalue weighted by molar-refractivity contribution is 1.29. The Morgan fingerprint density at radius 3 is 2.47 bits per heavy atom. The standard InChI is InChI=1S/C15H18N2S2/c1-19(2,3)18-15-10-5-4-9-14(15)17-12-13-8-6-7-11-16-13/h4-12H,1-3H3/b17-12+. The van der Waals surface area contributed by atoms with Crippen molar-refractivity contribution in [3.8, 4) is 0 Å². The summed E-state index contributed by atoms with van der Waals surface area (Å²) in [4.78, 5) is 10.0. The predicted molar refractivity (Wildman–Crippen MR) is 89.2 cm³/mol. The van der Waals surface area contributed by atoms with E-state index in [1.54, 1.807) is 6.20 Å². The Labute approximate surface area is 120 Å². The van der Waals surface area contributed by atoms with Crippen molar-refractivity contribution in [2.24, 2.45) is 4.99 Å². The summed E-state index contributed by atoms with van der Waals surface area (Å²) in [5, 5.41) is 0. The first-order valence-corrected chi connectivity index (χ1v) is 10.2. The van der Waals surface area contributed by atoms with Gasteiger partial charge in [0.15, 0.2) is 0 Å². The van der Waals surface area contributed by atoms with Gasteiger partial charge in [-0.2, -0.15) is 9.06 Å². The number of rotatable bonds is 4. The van der Waals surface area contributed by atoms with E-state index in [2.05, 4.69) is 40.9 Å². The third-order valence-corrected chi connectivity index (χ3v) is 5.29. The molecular formula is C15H18N2S2. The van der Waals surface area contributed by atoms with Crippen LogP contribution in [0.2, 0.25) is 0 Å². The summed E-state index contributed by atoms with van der Waals surface area (Å²) in [6.45, 7) is 0. The van der Waals surface area contributed by atoms with Gasteiger partial charge >= 0.3 is 0 Å². The molecule has 0 bridgehead atoms. The van der Waals surface area contributed by atoms with E-state index in [0.717, 1.165) is 11.4 Å². The van der Waals surface area contributed by atoms with Crippen molar-refractivity contribution in [3.05, 3.63) is 54.4 Å². The smallest absolute Gasteiger partial charge is 0.0812 e. The zero-order chi connectivity index (χ0) is 13.7. The average molecular weight is 290 g/mol. The highest BCUT2D eigenvalue weighted by molar-refractivity contribution is 8.93. The Kier molecular flexibility index (Phi) is 4.66. The number of hydrogen-bond donors (Lipinski definition) is 0. The highest BCUT2D eigenvalue weighted by Crippen LogP contribution is 2.55. The third-order valence-electron chi connectivity index (χ3n) is 2.23. The summed E-state index contributed by atoms with van der Waals surface area (Å²) in [6.07, 6.45) is 10.5. The molecule has 4 heteroatoms. The monoisotopic (exact) mass is 290 g/mol. The van der Waals surface area contributed by atoms with Gasteiger partial charge < -0.3 is 0 Å². The van der Waals surface area contributed by atoms with Gasteiger partial charge in [0, 0.05) is 11.1 Å². The van der Waals surface area contributed by atoms with Crippen LogP contribution in [0, 0.1) is 0 Å². The predicted octanol–water partition coefficient (Wildman–Crippen LogP) is 4.53. The maximum absolute atomic E-state index is 4.57. The summed E-state index contributed by atoms with van der Waals surface area (Å²) in [6, 6.07) is 14.1. The normalized spacial score (nSPS) is 12.8. The highest BCUT2D eigenvalue weighted by atomic mass is 33.2. The second kappa shape index (κ2) is 6.26. The lowest BCUT2D eigenvalue weighted by atomic mass is 10.3. The molecule has 0 spiro atoms. The van der Waals surface area contributed by atoms with Crippen LogP contribution in [0.25, 0.3) is 0 Å². The molecule has 0 saturated carbocycles. The van der Waals surface area contributed by atoms with Crippen LogP contribution in [-0.4, -0.2) is 30.0 Å². The highest BCUT2D eigenvalue weighted by Gasteiger charge is 2.09. The summed E-state index contributed by atoms with van der Waals surface area (Å²) >= 11 is 0. The maximum Gasteiger partial charge on any atom is 0.0812 e. The molecule has 0 N–H and O–H groups in total. The minimum Gasteiger partial charge on any atom is -0.255 e. The van der Waals surface area contributed by atoms with Gasteiger partial charge in [0.1, 0.15) is 0 Å². The molecule has 0 radical (unpaired) electrons. The molecule has 19 heavy (non-hydrogen) atoms. The van der Waals surface area contributed by atoms with Crippen LogP contribution in [0.5, 0.6) is 0 Å². The van der Waals surface area contributed by atoms with Crippen molar-refractivity contribution in [1.82, 2.24) is 4.98 Å². The van der Waals surface area contributed by atoms with Crippen LogP contribution in [0.4, 0.5) is 5.69 Å². The SMILES string of the molecule is CS(C)(C)Sc1ccccc1/N=C/c1ccccn1. The first-order chi connectivity index (χ1) is 9.04. The molecule has 0 saturated heterocycles.